The molecule has 1 heterocycles. The van der Waals surface area contributed by atoms with Crippen molar-refractivity contribution < 1.29 is 14.5 Å². The first kappa shape index (κ1) is 24.9. The summed E-state index contributed by atoms with van der Waals surface area (Å²) < 4.78 is 8.49. The summed E-state index contributed by atoms with van der Waals surface area (Å²) in [5.41, 5.74) is 1.04. The van der Waals surface area contributed by atoms with Crippen LogP contribution < -0.4 is 4.74 Å². The number of carbonyl (C=O) groups excluding carboxylic acids is 1. The number of rotatable bonds is 10. The lowest BCUT2D eigenvalue weighted by molar-refractivity contribution is -0.384. The Kier molecular flexibility index (Phi) is 7.46. The number of thiophene rings is 1. The molecule has 8 heteroatoms. The van der Waals surface area contributed by atoms with Crippen molar-refractivity contribution in [2.75, 3.05) is 19.7 Å². The van der Waals surface area contributed by atoms with Crippen molar-refractivity contribution in [3.8, 4) is 5.75 Å². The Morgan fingerprint density at radius 1 is 0.919 bits per heavy atom. The van der Waals surface area contributed by atoms with Crippen LogP contribution in [0.2, 0.25) is 5.02 Å². The van der Waals surface area contributed by atoms with Crippen LogP contribution in [0.15, 0.2) is 91.0 Å². The van der Waals surface area contributed by atoms with Crippen LogP contribution in [0.5, 0.6) is 5.75 Å². The van der Waals surface area contributed by atoms with Crippen LogP contribution in [0.4, 0.5) is 5.69 Å². The molecule has 5 aromatic rings. The summed E-state index contributed by atoms with van der Waals surface area (Å²) in [6.07, 6.45) is 0. The third kappa shape index (κ3) is 5.80. The van der Waals surface area contributed by atoms with Gasteiger partial charge in [0.25, 0.3) is 5.69 Å². The highest BCUT2D eigenvalue weighted by molar-refractivity contribution is 7.25. The molecule has 0 aliphatic carbocycles. The number of benzene rings is 4. The van der Waals surface area contributed by atoms with Crippen molar-refractivity contribution in [2.45, 2.75) is 6.54 Å². The second-order valence-electron chi connectivity index (χ2n) is 8.65. The first-order valence-corrected chi connectivity index (χ1v) is 12.9. The number of nitro benzene ring substituents is 1. The van der Waals surface area contributed by atoms with E-state index in [0.717, 1.165) is 11.3 Å². The van der Waals surface area contributed by atoms with Gasteiger partial charge in [0, 0.05) is 44.9 Å². The Morgan fingerprint density at radius 2 is 1.68 bits per heavy atom. The maximum Gasteiger partial charge on any atom is 0.288 e. The number of halogens is 1. The van der Waals surface area contributed by atoms with Crippen LogP contribution in [0, 0.1) is 10.1 Å². The molecular weight excluding hydrogens is 508 g/mol. The van der Waals surface area contributed by atoms with Crippen molar-refractivity contribution in [3.05, 3.63) is 117 Å². The number of carbonyl (C=O) groups is 1. The normalized spacial score (nSPS) is 11.3. The number of fused-ring (bicyclic) bond motifs is 3. The molecule has 0 unspecified atom stereocenters. The van der Waals surface area contributed by atoms with Gasteiger partial charge in [-0.15, -0.1) is 11.3 Å². The number of nitrogens with zero attached hydrogens (tertiary/aromatic N) is 2. The highest BCUT2D eigenvalue weighted by Crippen LogP contribution is 2.35. The molecule has 0 aliphatic rings. The third-order valence-electron chi connectivity index (χ3n) is 6.11. The molecule has 37 heavy (non-hydrogen) atoms. The predicted octanol–water partition coefficient (Wildman–Crippen LogP) is 7.38. The van der Waals surface area contributed by atoms with Crippen LogP contribution in [-0.4, -0.2) is 35.3 Å². The number of nitro groups is 1. The van der Waals surface area contributed by atoms with Crippen LogP contribution in [0.3, 0.4) is 0 Å². The zero-order chi connectivity index (χ0) is 25.8. The van der Waals surface area contributed by atoms with Crippen molar-refractivity contribution in [1.82, 2.24) is 4.90 Å². The van der Waals surface area contributed by atoms with Gasteiger partial charge in [-0.05, 0) is 42.0 Å². The van der Waals surface area contributed by atoms with E-state index in [9.17, 15) is 14.9 Å². The van der Waals surface area contributed by atoms with Gasteiger partial charge in [0.1, 0.15) is 17.4 Å². The molecule has 0 radical (unpaired) electrons. The summed E-state index contributed by atoms with van der Waals surface area (Å²) in [6.45, 7) is 1.52. The van der Waals surface area contributed by atoms with Gasteiger partial charge >= 0.3 is 0 Å². The third-order valence-corrected chi connectivity index (χ3v) is 7.56. The first-order valence-electron chi connectivity index (χ1n) is 11.8. The minimum atomic E-state index is -0.581. The fourth-order valence-corrected chi connectivity index (χ4v) is 5.59. The van der Waals surface area contributed by atoms with Crippen molar-refractivity contribution in [3.63, 3.8) is 0 Å². The molecule has 0 aliphatic heterocycles. The van der Waals surface area contributed by atoms with Gasteiger partial charge in [0.05, 0.1) is 11.5 Å². The topological polar surface area (TPSA) is 72.7 Å². The number of hydrogen-bond acceptors (Lipinski definition) is 6. The van der Waals surface area contributed by atoms with Gasteiger partial charge in [-0.25, -0.2) is 0 Å². The van der Waals surface area contributed by atoms with E-state index < -0.39 is 4.92 Å². The van der Waals surface area contributed by atoms with E-state index in [-0.39, 0.29) is 28.6 Å². The molecular formula is C29H23ClN2O4S. The number of ether oxygens (including phenoxy) is 1. The highest BCUT2D eigenvalue weighted by Gasteiger charge is 2.19. The molecule has 1 aromatic heterocycles. The molecule has 5 rings (SSSR count). The lowest BCUT2D eigenvalue weighted by Crippen LogP contribution is -2.33. The average Bonchev–Trinajstić information content (AvgIpc) is 3.27. The van der Waals surface area contributed by atoms with E-state index in [1.54, 1.807) is 11.3 Å². The van der Waals surface area contributed by atoms with Gasteiger partial charge in [-0.2, -0.15) is 0 Å². The Balaban J connectivity index is 1.29. The van der Waals surface area contributed by atoms with Gasteiger partial charge < -0.3 is 4.74 Å². The van der Waals surface area contributed by atoms with Crippen LogP contribution >= 0.6 is 22.9 Å². The van der Waals surface area contributed by atoms with E-state index in [1.165, 1.54) is 38.4 Å². The number of Topliss-reactive ketones (excluding diaryl/α,β-unsaturated/α-hetero) is 1. The summed E-state index contributed by atoms with van der Waals surface area (Å²) in [5.74, 6) is 0.556. The Morgan fingerprint density at radius 3 is 2.49 bits per heavy atom. The standard InChI is InChI=1S/C29H23ClN2O4S/c30-25-13-10-21(16-26(25)32(34)35)27(33)19-31(18-20-6-2-1-3-7-20)14-15-36-22-11-12-24-23-8-4-5-9-28(23)37-29(24)17-22/h1-13,16-17H,14-15,18-19H2. The van der Waals surface area contributed by atoms with Crippen LogP contribution in [0.1, 0.15) is 15.9 Å². The van der Waals surface area contributed by atoms with Gasteiger partial charge in [0.15, 0.2) is 5.78 Å². The largest absolute Gasteiger partial charge is 0.492 e. The Bertz CT molecular complexity index is 1590. The Labute approximate surface area is 222 Å². The van der Waals surface area contributed by atoms with Crippen molar-refractivity contribution >= 4 is 54.6 Å². The molecule has 0 spiro atoms. The summed E-state index contributed by atoms with van der Waals surface area (Å²) >= 11 is 7.65. The monoisotopic (exact) mass is 530 g/mol. The van der Waals surface area contributed by atoms with E-state index in [0.29, 0.717) is 19.7 Å². The smallest absolute Gasteiger partial charge is 0.288 e. The fourth-order valence-electron chi connectivity index (χ4n) is 4.26. The minimum Gasteiger partial charge on any atom is -0.492 e. The summed E-state index contributed by atoms with van der Waals surface area (Å²) in [7, 11) is 0. The summed E-state index contributed by atoms with van der Waals surface area (Å²) in [6, 6.07) is 28.5. The van der Waals surface area contributed by atoms with Crippen molar-refractivity contribution in [1.29, 1.82) is 0 Å². The average molecular weight is 531 g/mol. The van der Waals surface area contributed by atoms with E-state index >= 15 is 0 Å². The maximum absolute atomic E-state index is 13.0. The summed E-state index contributed by atoms with van der Waals surface area (Å²) in [4.78, 5) is 25.7. The SMILES string of the molecule is O=C(CN(CCOc1ccc2c(c1)sc1ccccc12)Cc1ccccc1)c1ccc(Cl)c([N+](=O)[O-])c1. The second-order valence-corrected chi connectivity index (χ2v) is 10.1. The van der Waals surface area contributed by atoms with Crippen LogP contribution in [0.25, 0.3) is 20.2 Å². The molecule has 0 bridgehead atoms. The molecule has 0 fully saturated rings. The predicted molar refractivity (Wildman–Crippen MR) is 149 cm³/mol. The molecule has 6 nitrogen and oxygen atoms in total. The van der Waals surface area contributed by atoms with E-state index in [1.807, 2.05) is 53.4 Å². The van der Waals surface area contributed by atoms with Gasteiger partial charge in [-0.1, -0.05) is 60.1 Å². The van der Waals surface area contributed by atoms with Crippen molar-refractivity contribution in [2.24, 2.45) is 0 Å². The second kappa shape index (κ2) is 11.1. The molecule has 0 saturated carbocycles. The zero-order valence-corrected chi connectivity index (χ0v) is 21.4. The molecule has 0 N–H and O–H groups in total. The first-order chi connectivity index (χ1) is 18.0. The number of ketones is 1. The lowest BCUT2D eigenvalue weighted by atomic mass is 10.1. The number of hydrogen-bond donors (Lipinski definition) is 0. The molecule has 0 atom stereocenters. The minimum absolute atomic E-state index is 0.00620. The maximum atomic E-state index is 13.0. The van der Waals surface area contributed by atoms with E-state index in [2.05, 4.69) is 24.3 Å². The quantitative estimate of drug-likeness (QED) is 0.107. The Hall–Kier alpha value is -3.78. The molecule has 0 saturated heterocycles. The van der Waals surface area contributed by atoms with Gasteiger partial charge in [0.2, 0.25) is 0 Å². The van der Waals surface area contributed by atoms with Gasteiger partial charge in [-0.3, -0.25) is 19.8 Å². The zero-order valence-electron chi connectivity index (χ0n) is 19.8. The van der Waals surface area contributed by atoms with Crippen LogP contribution in [-0.2, 0) is 6.54 Å². The molecule has 186 valence electrons. The fraction of sp³-hybridized carbons (Fsp3) is 0.138. The molecule has 4 aromatic carbocycles. The molecule has 0 amide bonds. The summed E-state index contributed by atoms with van der Waals surface area (Å²) in [5, 5.41) is 13.7. The lowest BCUT2D eigenvalue weighted by Gasteiger charge is -2.22. The van der Waals surface area contributed by atoms with E-state index in [4.69, 9.17) is 16.3 Å². The highest BCUT2D eigenvalue weighted by atomic mass is 35.5.